The van der Waals surface area contributed by atoms with Crippen LogP contribution in [0.4, 0.5) is 0 Å². The third-order valence-electron chi connectivity index (χ3n) is 3.80. The van der Waals surface area contributed by atoms with Gasteiger partial charge in [-0.2, -0.15) is 4.98 Å². The van der Waals surface area contributed by atoms with Gasteiger partial charge in [0.05, 0.1) is 6.20 Å². The minimum absolute atomic E-state index is 0.137. The van der Waals surface area contributed by atoms with Gasteiger partial charge in [-0.05, 0) is 19.3 Å². The number of nitrogens with zero attached hydrogens (tertiary/aromatic N) is 5. The summed E-state index contributed by atoms with van der Waals surface area (Å²) in [6.07, 6.45) is 7.39. The molecule has 0 N–H and O–H groups in total. The molecule has 3 rings (SSSR count). The molecule has 0 bridgehead atoms. The predicted octanol–water partition coefficient (Wildman–Crippen LogP) is 2.35. The second-order valence-electron chi connectivity index (χ2n) is 5.75. The van der Waals surface area contributed by atoms with E-state index in [1.54, 1.807) is 11.1 Å². The highest BCUT2D eigenvalue weighted by Gasteiger charge is 2.33. The molecule has 1 fully saturated rings. The molecule has 0 spiro atoms. The average molecular weight is 301 g/mol. The Kier molecular flexibility index (Phi) is 4.13. The van der Waals surface area contributed by atoms with Crippen molar-refractivity contribution in [1.29, 1.82) is 0 Å². The number of piperidine rings is 1. The van der Waals surface area contributed by atoms with E-state index in [0.717, 1.165) is 19.3 Å². The molecule has 1 aliphatic heterocycles. The summed E-state index contributed by atoms with van der Waals surface area (Å²) < 4.78 is 5.39. The van der Waals surface area contributed by atoms with Crippen molar-refractivity contribution in [3.05, 3.63) is 36.0 Å². The maximum atomic E-state index is 12.7. The number of rotatable bonds is 3. The maximum absolute atomic E-state index is 12.7. The van der Waals surface area contributed by atoms with Crippen LogP contribution in [0.15, 0.2) is 23.1 Å². The lowest BCUT2D eigenvalue weighted by Crippen LogP contribution is -2.39. The van der Waals surface area contributed by atoms with E-state index in [9.17, 15) is 4.79 Å². The summed E-state index contributed by atoms with van der Waals surface area (Å²) in [7, 11) is 0. The molecular weight excluding hydrogens is 282 g/mol. The first-order valence-corrected chi connectivity index (χ1v) is 7.57. The van der Waals surface area contributed by atoms with E-state index in [1.807, 2.05) is 13.8 Å². The van der Waals surface area contributed by atoms with Gasteiger partial charge in [-0.1, -0.05) is 19.0 Å². The zero-order chi connectivity index (χ0) is 15.5. The van der Waals surface area contributed by atoms with Crippen LogP contribution in [0, 0.1) is 0 Å². The second kappa shape index (κ2) is 6.21. The lowest BCUT2D eigenvalue weighted by atomic mass is 10.0. The number of carbonyl (C=O) groups is 1. The quantitative estimate of drug-likeness (QED) is 0.865. The molecule has 0 aromatic carbocycles. The van der Waals surface area contributed by atoms with Gasteiger partial charge in [0.2, 0.25) is 5.89 Å². The van der Waals surface area contributed by atoms with E-state index >= 15 is 0 Å². The van der Waals surface area contributed by atoms with Gasteiger partial charge >= 0.3 is 0 Å². The Bertz CT molecular complexity index is 640. The molecule has 2 aromatic heterocycles. The molecule has 3 heterocycles. The number of hydrogen-bond acceptors (Lipinski definition) is 6. The summed E-state index contributed by atoms with van der Waals surface area (Å²) in [5, 5.41) is 4.01. The van der Waals surface area contributed by atoms with Crippen LogP contribution in [0.3, 0.4) is 0 Å². The fourth-order valence-electron chi connectivity index (χ4n) is 2.61. The number of carbonyl (C=O) groups excluding carboxylic acids is 1. The van der Waals surface area contributed by atoms with Crippen LogP contribution in [0.1, 0.15) is 67.3 Å². The smallest absolute Gasteiger partial charge is 0.274 e. The van der Waals surface area contributed by atoms with Crippen LogP contribution >= 0.6 is 0 Å². The molecule has 0 aliphatic carbocycles. The van der Waals surface area contributed by atoms with Crippen molar-refractivity contribution in [3.63, 3.8) is 0 Å². The molecule has 1 amide bonds. The van der Waals surface area contributed by atoms with Gasteiger partial charge in [0.25, 0.3) is 5.91 Å². The Hall–Kier alpha value is -2.31. The summed E-state index contributed by atoms with van der Waals surface area (Å²) >= 11 is 0. The van der Waals surface area contributed by atoms with Crippen molar-refractivity contribution < 1.29 is 9.32 Å². The van der Waals surface area contributed by atoms with Gasteiger partial charge in [0.15, 0.2) is 5.82 Å². The molecule has 7 nitrogen and oxygen atoms in total. The minimum Gasteiger partial charge on any atom is -0.337 e. The highest BCUT2D eigenvalue weighted by Crippen LogP contribution is 2.31. The van der Waals surface area contributed by atoms with E-state index in [2.05, 4.69) is 20.1 Å². The maximum Gasteiger partial charge on any atom is 0.274 e. The first-order chi connectivity index (χ1) is 10.7. The Morgan fingerprint density at radius 3 is 2.91 bits per heavy atom. The lowest BCUT2D eigenvalue weighted by molar-refractivity contribution is 0.0555. The van der Waals surface area contributed by atoms with Crippen molar-refractivity contribution >= 4 is 5.91 Å². The highest BCUT2D eigenvalue weighted by atomic mass is 16.5. The van der Waals surface area contributed by atoms with Gasteiger partial charge in [0.1, 0.15) is 11.7 Å². The van der Waals surface area contributed by atoms with E-state index in [0.29, 0.717) is 24.0 Å². The Morgan fingerprint density at radius 2 is 2.23 bits per heavy atom. The van der Waals surface area contributed by atoms with Gasteiger partial charge in [-0.15, -0.1) is 0 Å². The fourth-order valence-corrected chi connectivity index (χ4v) is 2.61. The van der Waals surface area contributed by atoms with Crippen molar-refractivity contribution in [2.45, 2.75) is 45.1 Å². The molecule has 0 radical (unpaired) electrons. The molecule has 0 saturated carbocycles. The van der Waals surface area contributed by atoms with Crippen LogP contribution in [0.5, 0.6) is 0 Å². The third kappa shape index (κ3) is 2.84. The van der Waals surface area contributed by atoms with Gasteiger partial charge < -0.3 is 9.42 Å². The van der Waals surface area contributed by atoms with Crippen LogP contribution in [-0.2, 0) is 0 Å². The average Bonchev–Trinajstić information content (AvgIpc) is 3.05. The first-order valence-electron chi connectivity index (χ1n) is 7.57. The van der Waals surface area contributed by atoms with Gasteiger partial charge in [-0.3, -0.25) is 9.78 Å². The summed E-state index contributed by atoms with van der Waals surface area (Å²) in [6, 6.07) is -0.178. The number of amides is 1. The Morgan fingerprint density at radius 1 is 1.36 bits per heavy atom. The molecule has 116 valence electrons. The zero-order valence-electron chi connectivity index (χ0n) is 12.8. The Labute approximate surface area is 128 Å². The van der Waals surface area contributed by atoms with Crippen LogP contribution in [-0.4, -0.2) is 37.5 Å². The predicted molar refractivity (Wildman–Crippen MR) is 78.0 cm³/mol. The van der Waals surface area contributed by atoms with E-state index in [-0.39, 0.29) is 17.9 Å². The molecule has 1 aliphatic rings. The fraction of sp³-hybridized carbons (Fsp3) is 0.533. The van der Waals surface area contributed by atoms with Crippen LogP contribution < -0.4 is 0 Å². The molecule has 2 aromatic rings. The van der Waals surface area contributed by atoms with Crippen molar-refractivity contribution in [1.82, 2.24) is 25.0 Å². The third-order valence-corrected chi connectivity index (χ3v) is 3.80. The molecule has 1 saturated heterocycles. The van der Waals surface area contributed by atoms with Crippen molar-refractivity contribution in [3.8, 4) is 0 Å². The summed E-state index contributed by atoms with van der Waals surface area (Å²) in [5.74, 6) is 1.25. The summed E-state index contributed by atoms with van der Waals surface area (Å²) in [5.41, 5.74) is 0.345. The van der Waals surface area contributed by atoms with Crippen molar-refractivity contribution in [2.24, 2.45) is 0 Å². The Balaban J connectivity index is 1.86. The summed E-state index contributed by atoms with van der Waals surface area (Å²) in [6.45, 7) is 4.69. The van der Waals surface area contributed by atoms with E-state index in [1.165, 1.54) is 12.4 Å². The van der Waals surface area contributed by atoms with Gasteiger partial charge in [-0.25, -0.2) is 4.98 Å². The first kappa shape index (κ1) is 14.6. The largest absolute Gasteiger partial charge is 0.337 e. The molecule has 7 heteroatoms. The lowest BCUT2D eigenvalue weighted by Gasteiger charge is -2.33. The topological polar surface area (TPSA) is 85.0 Å². The van der Waals surface area contributed by atoms with Crippen LogP contribution in [0.25, 0.3) is 0 Å². The molecule has 22 heavy (non-hydrogen) atoms. The normalized spacial score (nSPS) is 18.7. The van der Waals surface area contributed by atoms with Gasteiger partial charge in [0, 0.05) is 24.9 Å². The van der Waals surface area contributed by atoms with E-state index < -0.39 is 0 Å². The number of aromatic nitrogens is 4. The summed E-state index contributed by atoms with van der Waals surface area (Å²) in [4.78, 5) is 26.9. The molecule has 1 atom stereocenters. The monoisotopic (exact) mass is 301 g/mol. The minimum atomic E-state index is -0.178. The standard InChI is InChI=1S/C15H19N5O2/c1-10(2)13-18-14(22-19-13)12-5-3-4-8-20(12)15(21)11-9-16-6-7-17-11/h6-7,9-10,12H,3-5,8H2,1-2H3/t12-/m0/s1. The van der Waals surface area contributed by atoms with E-state index in [4.69, 9.17) is 4.52 Å². The SMILES string of the molecule is CC(C)c1noc([C@@H]2CCCCN2C(=O)c2cnccn2)n1. The number of hydrogen-bond donors (Lipinski definition) is 0. The zero-order valence-corrected chi connectivity index (χ0v) is 12.8. The van der Waals surface area contributed by atoms with Crippen molar-refractivity contribution in [2.75, 3.05) is 6.54 Å². The highest BCUT2D eigenvalue weighted by molar-refractivity contribution is 5.92. The van der Waals surface area contributed by atoms with Crippen LogP contribution in [0.2, 0.25) is 0 Å². The molecule has 0 unspecified atom stereocenters. The number of likely N-dealkylation sites (tertiary alicyclic amines) is 1. The second-order valence-corrected chi connectivity index (χ2v) is 5.75. The molecular formula is C15H19N5O2.